The van der Waals surface area contributed by atoms with Crippen LogP contribution >= 0.6 is 0 Å². The first-order valence-electron chi connectivity index (χ1n) is 6.00. The molecule has 6 heteroatoms. The summed E-state index contributed by atoms with van der Waals surface area (Å²) in [4.78, 5) is 27.3. The molecule has 6 nitrogen and oxygen atoms in total. The van der Waals surface area contributed by atoms with E-state index in [1.807, 2.05) is 0 Å². The fraction of sp³-hybridized carbons (Fsp3) is 0.0714. The summed E-state index contributed by atoms with van der Waals surface area (Å²) in [5, 5.41) is 7.72. The summed E-state index contributed by atoms with van der Waals surface area (Å²) in [7, 11) is 1.52. The molecule has 3 N–H and O–H groups in total. The number of carbonyl (C=O) groups is 2. The molecule has 0 radical (unpaired) electrons. The number of benzene rings is 1. The molecule has 1 heterocycles. The van der Waals surface area contributed by atoms with Gasteiger partial charge in [0.2, 0.25) is 0 Å². The second-order valence-corrected chi connectivity index (χ2v) is 3.95. The summed E-state index contributed by atoms with van der Waals surface area (Å²) in [5.74, 6) is 0.187. The Morgan fingerprint density at radius 1 is 1.05 bits per heavy atom. The third-order valence-corrected chi connectivity index (χ3v) is 2.52. The first-order chi connectivity index (χ1) is 9.69. The number of carbonyl (C=O) groups excluding carboxylic acids is 2. The predicted octanol–water partition coefficient (Wildman–Crippen LogP) is 2.09. The molecular formula is C14H14N4O2. The number of urea groups is 1. The standard InChI is InChI=1S/C14H14N4O2/c1-15-14(20)17-11-6-4-5-10(9-11)13(19)18-12-7-2-3-8-16-12/h2-9H,1H3,(H2,15,17,20)(H,16,18,19). The maximum Gasteiger partial charge on any atom is 0.318 e. The Labute approximate surface area is 116 Å². The highest BCUT2D eigenvalue weighted by atomic mass is 16.2. The smallest absolute Gasteiger partial charge is 0.318 e. The fourth-order valence-corrected chi connectivity index (χ4v) is 1.56. The summed E-state index contributed by atoms with van der Waals surface area (Å²) in [5.41, 5.74) is 0.975. The number of hydrogen-bond donors (Lipinski definition) is 3. The molecule has 0 aliphatic heterocycles. The third kappa shape index (κ3) is 3.55. The van der Waals surface area contributed by atoms with E-state index in [1.165, 1.54) is 7.05 Å². The molecule has 0 fully saturated rings. The van der Waals surface area contributed by atoms with Crippen molar-refractivity contribution in [1.82, 2.24) is 10.3 Å². The van der Waals surface area contributed by atoms with Gasteiger partial charge in [0.25, 0.3) is 5.91 Å². The number of anilines is 2. The average molecular weight is 270 g/mol. The van der Waals surface area contributed by atoms with Gasteiger partial charge in [0.15, 0.2) is 0 Å². The average Bonchev–Trinajstić information content (AvgIpc) is 2.48. The van der Waals surface area contributed by atoms with Gasteiger partial charge < -0.3 is 16.0 Å². The molecule has 0 aliphatic rings. The first-order valence-corrected chi connectivity index (χ1v) is 6.00. The van der Waals surface area contributed by atoms with Crippen LogP contribution in [-0.2, 0) is 0 Å². The zero-order valence-corrected chi connectivity index (χ0v) is 10.9. The maximum absolute atomic E-state index is 12.0. The second-order valence-electron chi connectivity index (χ2n) is 3.95. The van der Waals surface area contributed by atoms with Gasteiger partial charge in [-0.25, -0.2) is 9.78 Å². The van der Waals surface area contributed by atoms with Crippen LogP contribution in [0.3, 0.4) is 0 Å². The summed E-state index contributed by atoms with van der Waals surface area (Å²) < 4.78 is 0. The van der Waals surface area contributed by atoms with Crippen molar-refractivity contribution < 1.29 is 9.59 Å². The van der Waals surface area contributed by atoms with Crippen molar-refractivity contribution in [2.75, 3.05) is 17.7 Å². The monoisotopic (exact) mass is 270 g/mol. The summed E-state index contributed by atoms with van der Waals surface area (Å²) in [6.07, 6.45) is 1.60. The number of aromatic nitrogens is 1. The number of rotatable bonds is 3. The molecule has 0 spiro atoms. The van der Waals surface area contributed by atoms with E-state index in [9.17, 15) is 9.59 Å². The minimum absolute atomic E-state index is 0.288. The van der Waals surface area contributed by atoms with E-state index in [0.717, 1.165) is 0 Å². The molecule has 0 saturated carbocycles. The van der Waals surface area contributed by atoms with E-state index >= 15 is 0 Å². The molecule has 102 valence electrons. The Kier molecular flexibility index (Phi) is 4.28. The van der Waals surface area contributed by atoms with Crippen LogP contribution < -0.4 is 16.0 Å². The topological polar surface area (TPSA) is 83.1 Å². The number of amides is 3. The lowest BCUT2D eigenvalue weighted by Crippen LogP contribution is -2.24. The van der Waals surface area contributed by atoms with Gasteiger partial charge in [-0.2, -0.15) is 0 Å². The van der Waals surface area contributed by atoms with Gasteiger partial charge >= 0.3 is 6.03 Å². The molecule has 0 bridgehead atoms. The van der Waals surface area contributed by atoms with Crippen LogP contribution in [0.2, 0.25) is 0 Å². The van der Waals surface area contributed by atoms with Crippen LogP contribution in [0.15, 0.2) is 48.7 Å². The molecule has 2 aromatic rings. The summed E-state index contributed by atoms with van der Waals surface area (Å²) >= 11 is 0. The van der Waals surface area contributed by atoms with Gasteiger partial charge in [-0.05, 0) is 30.3 Å². The lowest BCUT2D eigenvalue weighted by Gasteiger charge is -2.07. The highest BCUT2D eigenvalue weighted by Crippen LogP contribution is 2.12. The Morgan fingerprint density at radius 3 is 2.60 bits per heavy atom. The minimum Gasteiger partial charge on any atom is -0.341 e. The molecule has 1 aromatic carbocycles. The Morgan fingerprint density at radius 2 is 1.90 bits per heavy atom. The highest BCUT2D eigenvalue weighted by Gasteiger charge is 2.08. The second kappa shape index (κ2) is 6.33. The fourth-order valence-electron chi connectivity index (χ4n) is 1.56. The van der Waals surface area contributed by atoms with E-state index in [2.05, 4.69) is 20.9 Å². The van der Waals surface area contributed by atoms with Crippen molar-refractivity contribution in [2.24, 2.45) is 0 Å². The van der Waals surface area contributed by atoms with Crippen LogP contribution in [0.4, 0.5) is 16.3 Å². The minimum atomic E-state index is -0.340. The maximum atomic E-state index is 12.0. The molecule has 2 rings (SSSR count). The van der Waals surface area contributed by atoms with Gasteiger partial charge in [0.1, 0.15) is 5.82 Å². The van der Waals surface area contributed by atoms with Crippen LogP contribution in [0.25, 0.3) is 0 Å². The molecule has 3 amide bonds. The number of pyridine rings is 1. The molecular weight excluding hydrogens is 256 g/mol. The molecule has 0 atom stereocenters. The molecule has 0 saturated heterocycles. The molecule has 1 aromatic heterocycles. The van der Waals surface area contributed by atoms with Crippen molar-refractivity contribution in [3.05, 3.63) is 54.2 Å². The van der Waals surface area contributed by atoms with Crippen molar-refractivity contribution in [2.45, 2.75) is 0 Å². The lowest BCUT2D eigenvalue weighted by atomic mass is 10.2. The largest absolute Gasteiger partial charge is 0.341 e. The molecule has 0 unspecified atom stereocenters. The number of nitrogens with one attached hydrogen (secondary N) is 3. The van der Waals surface area contributed by atoms with Crippen molar-refractivity contribution in [3.8, 4) is 0 Å². The zero-order valence-electron chi connectivity index (χ0n) is 10.9. The Bertz CT molecular complexity index is 614. The van der Waals surface area contributed by atoms with E-state index in [4.69, 9.17) is 0 Å². The number of hydrogen-bond acceptors (Lipinski definition) is 3. The SMILES string of the molecule is CNC(=O)Nc1cccc(C(=O)Nc2ccccn2)c1. The quantitative estimate of drug-likeness (QED) is 0.798. The van der Waals surface area contributed by atoms with E-state index in [0.29, 0.717) is 17.1 Å². The zero-order chi connectivity index (χ0) is 14.4. The molecule has 0 aliphatic carbocycles. The van der Waals surface area contributed by atoms with Gasteiger partial charge in [-0.1, -0.05) is 12.1 Å². The first kappa shape index (κ1) is 13.5. The summed E-state index contributed by atoms with van der Waals surface area (Å²) in [6, 6.07) is 11.6. The highest BCUT2D eigenvalue weighted by molar-refractivity contribution is 6.04. The van der Waals surface area contributed by atoms with Crippen molar-refractivity contribution in [1.29, 1.82) is 0 Å². The van der Waals surface area contributed by atoms with Crippen molar-refractivity contribution in [3.63, 3.8) is 0 Å². The van der Waals surface area contributed by atoms with E-state index < -0.39 is 0 Å². The number of nitrogens with zero attached hydrogens (tertiary/aromatic N) is 1. The van der Waals surface area contributed by atoms with Gasteiger partial charge in [-0.15, -0.1) is 0 Å². The van der Waals surface area contributed by atoms with Crippen LogP contribution in [0.1, 0.15) is 10.4 Å². The lowest BCUT2D eigenvalue weighted by molar-refractivity contribution is 0.102. The van der Waals surface area contributed by atoms with Crippen LogP contribution in [0.5, 0.6) is 0 Å². The predicted molar refractivity (Wildman–Crippen MR) is 76.7 cm³/mol. The summed E-state index contributed by atoms with van der Waals surface area (Å²) in [6.45, 7) is 0. The van der Waals surface area contributed by atoms with Crippen molar-refractivity contribution >= 4 is 23.4 Å². The van der Waals surface area contributed by atoms with Gasteiger partial charge in [0.05, 0.1) is 0 Å². The van der Waals surface area contributed by atoms with Crippen LogP contribution in [-0.4, -0.2) is 24.0 Å². The Balaban J connectivity index is 2.10. The van der Waals surface area contributed by atoms with E-state index in [1.54, 1.807) is 48.7 Å². The van der Waals surface area contributed by atoms with Gasteiger partial charge in [-0.3, -0.25) is 4.79 Å². The van der Waals surface area contributed by atoms with Gasteiger partial charge in [0, 0.05) is 24.5 Å². The van der Waals surface area contributed by atoms with E-state index in [-0.39, 0.29) is 11.9 Å². The normalized spacial score (nSPS) is 9.65. The molecule has 20 heavy (non-hydrogen) atoms. The Hall–Kier alpha value is -2.89. The third-order valence-electron chi connectivity index (χ3n) is 2.52. The van der Waals surface area contributed by atoms with Crippen LogP contribution in [0, 0.1) is 0 Å².